The predicted molar refractivity (Wildman–Crippen MR) is 136 cm³/mol. The van der Waals surface area contributed by atoms with E-state index in [-0.39, 0.29) is 36.4 Å². The van der Waals surface area contributed by atoms with Crippen molar-refractivity contribution in [2.75, 3.05) is 25.4 Å². The number of nitrogens with two attached hydrogens (primary N) is 1. The molecule has 3 aromatic rings. The molecule has 8 nitrogen and oxygen atoms in total. The van der Waals surface area contributed by atoms with Crippen LogP contribution < -0.4 is 21.7 Å². The molecule has 1 aliphatic heterocycles. The molecule has 4 rings (SSSR count). The molecular weight excluding hydrogens is 444 g/mol. The number of ether oxygens (including phenoxy) is 1. The third kappa shape index (κ3) is 5.38. The van der Waals surface area contributed by atoms with Crippen molar-refractivity contribution >= 4 is 11.6 Å². The van der Waals surface area contributed by atoms with Crippen LogP contribution in [-0.4, -0.2) is 45.6 Å². The average Bonchev–Trinajstić information content (AvgIpc) is 2.85. The zero-order valence-corrected chi connectivity index (χ0v) is 20.5. The molecule has 0 atom stereocenters. The van der Waals surface area contributed by atoms with Gasteiger partial charge in [0.15, 0.2) is 5.78 Å². The fourth-order valence-electron chi connectivity index (χ4n) is 4.45. The molecule has 8 heteroatoms. The largest absolute Gasteiger partial charge is 0.490 e. The minimum absolute atomic E-state index is 0.0686. The minimum atomic E-state index is -0.657. The maximum Gasteiger partial charge on any atom is 0.332 e. The van der Waals surface area contributed by atoms with E-state index in [2.05, 4.69) is 12.1 Å². The molecule has 0 saturated carbocycles. The number of aromatic nitrogens is 2. The predicted octanol–water partition coefficient (Wildman–Crippen LogP) is 2.52. The molecule has 0 amide bonds. The van der Waals surface area contributed by atoms with E-state index in [1.54, 1.807) is 0 Å². The summed E-state index contributed by atoms with van der Waals surface area (Å²) in [5, 5.41) is 0. The number of piperidine rings is 1. The Kier molecular flexibility index (Phi) is 7.21. The van der Waals surface area contributed by atoms with Gasteiger partial charge in [-0.15, -0.1) is 0 Å². The summed E-state index contributed by atoms with van der Waals surface area (Å²) in [6.45, 7) is 5.67. The zero-order chi connectivity index (χ0) is 25.1. The van der Waals surface area contributed by atoms with E-state index in [1.165, 1.54) is 11.6 Å². The highest BCUT2D eigenvalue weighted by atomic mass is 16.5. The summed E-state index contributed by atoms with van der Waals surface area (Å²) in [6, 6.07) is 15.5. The molecule has 0 unspecified atom stereocenters. The monoisotopic (exact) mass is 476 g/mol. The number of carbonyl (C=O) groups excluding carboxylic acids is 1. The number of anilines is 1. The topological polar surface area (TPSA) is 99.6 Å². The Balaban J connectivity index is 1.46. The molecular formula is C27H32N4O4. The van der Waals surface area contributed by atoms with Gasteiger partial charge in [0.05, 0.1) is 13.1 Å². The summed E-state index contributed by atoms with van der Waals surface area (Å²) in [7, 11) is 1.37. The third-order valence-electron chi connectivity index (χ3n) is 6.58. The average molecular weight is 477 g/mol. The first-order valence-corrected chi connectivity index (χ1v) is 11.9. The number of nitrogen functional groups attached to an aromatic ring is 1. The Morgan fingerprint density at radius 1 is 1.06 bits per heavy atom. The Morgan fingerprint density at radius 2 is 1.74 bits per heavy atom. The Morgan fingerprint density at radius 3 is 2.43 bits per heavy atom. The summed E-state index contributed by atoms with van der Waals surface area (Å²) >= 11 is 0. The van der Waals surface area contributed by atoms with Gasteiger partial charge in [-0.1, -0.05) is 42.5 Å². The molecule has 0 aliphatic carbocycles. The van der Waals surface area contributed by atoms with E-state index in [0.29, 0.717) is 13.1 Å². The molecule has 0 bridgehead atoms. The van der Waals surface area contributed by atoms with Crippen molar-refractivity contribution in [2.24, 2.45) is 7.05 Å². The number of aryl methyl sites for hydroxylation is 2. The van der Waals surface area contributed by atoms with Crippen LogP contribution in [0.2, 0.25) is 0 Å². The first-order valence-electron chi connectivity index (χ1n) is 11.9. The summed E-state index contributed by atoms with van der Waals surface area (Å²) in [4.78, 5) is 40.8. The van der Waals surface area contributed by atoms with E-state index in [9.17, 15) is 14.4 Å². The van der Waals surface area contributed by atoms with Gasteiger partial charge in [0.25, 0.3) is 5.56 Å². The fourth-order valence-corrected chi connectivity index (χ4v) is 4.45. The van der Waals surface area contributed by atoms with Gasteiger partial charge in [-0.2, -0.15) is 0 Å². The number of Topliss-reactive ketones (excluding diaryl/α,β-unsaturated/α-hetero) is 1. The second-order valence-electron chi connectivity index (χ2n) is 9.26. The molecule has 1 saturated heterocycles. The number of ketones is 1. The number of nitrogens with zero attached hydrogens (tertiary/aromatic N) is 3. The van der Waals surface area contributed by atoms with Crippen molar-refractivity contribution in [3.05, 3.63) is 91.6 Å². The van der Waals surface area contributed by atoms with Crippen LogP contribution in [-0.2, 0) is 13.6 Å². The third-order valence-corrected chi connectivity index (χ3v) is 6.58. The van der Waals surface area contributed by atoms with E-state index in [0.717, 1.165) is 39.8 Å². The van der Waals surface area contributed by atoms with Crippen LogP contribution in [0.5, 0.6) is 5.75 Å². The number of rotatable bonds is 7. The van der Waals surface area contributed by atoms with E-state index in [4.69, 9.17) is 10.5 Å². The van der Waals surface area contributed by atoms with Crippen molar-refractivity contribution in [2.45, 2.75) is 39.3 Å². The Hall–Kier alpha value is -3.65. The van der Waals surface area contributed by atoms with Crippen molar-refractivity contribution in [3.8, 4) is 5.75 Å². The van der Waals surface area contributed by atoms with E-state index >= 15 is 0 Å². The Bertz CT molecular complexity index is 1340. The number of likely N-dealkylation sites (tertiary alicyclic amines) is 1. The van der Waals surface area contributed by atoms with Crippen molar-refractivity contribution < 1.29 is 9.53 Å². The maximum atomic E-state index is 13.2. The van der Waals surface area contributed by atoms with E-state index < -0.39 is 11.2 Å². The lowest BCUT2D eigenvalue weighted by atomic mass is 10.1. The number of hydrogen-bond acceptors (Lipinski definition) is 6. The lowest BCUT2D eigenvalue weighted by Crippen LogP contribution is -2.45. The van der Waals surface area contributed by atoms with Crippen LogP contribution >= 0.6 is 0 Å². The maximum absolute atomic E-state index is 13.2. The van der Waals surface area contributed by atoms with Gasteiger partial charge >= 0.3 is 5.69 Å². The van der Waals surface area contributed by atoms with Crippen molar-refractivity contribution in [1.29, 1.82) is 0 Å². The highest BCUT2D eigenvalue weighted by Crippen LogP contribution is 2.24. The molecule has 1 aliphatic rings. The van der Waals surface area contributed by atoms with Crippen LogP contribution in [0.4, 0.5) is 5.82 Å². The second kappa shape index (κ2) is 10.3. The van der Waals surface area contributed by atoms with Gasteiger partial charge in [0.2, 0.25) is 0 Å². The fraction of sp³-hybridized carbons (Fsp3) is 0.370. The molecule has 2 heterocycles. The van der Waals surface area contributed by atoms with Crippen molar-refractivity contribution in [3.63, 3.8) is 0 Å². The van der Waals surface area contributed by atoms with Crippen LogP contribution in [0.15, 0.2) is 58.1 Å². The van der Waals surface area contributed by atoms with Crippen molar-refractivity contribution in [1.82, 2.24) is 14.0 Å². The molecule has 1 fully saturated rings. The van der Waals surface area contributed by atoms with Gasteiger partial charge < -0.3 is 10.5 Å². The first-order chi connectivity index (χ1) is 16.7. The van der Waals surface area contributed by atoms with Gasteiger partial charge in [-0.3, -0.25) is 23.6 Å². The van der Waals surface area contributed by atoms with E-state index in [1.807, 2.05) is 55.1 Å². The first kappa shape index (κ1) is 24.5. The smallest absolute Gasteiger partial charge is 0.332 e. The van der Waals surface area contributed by atoms with Gasteiger partial charge in [-0.05, 0) is 49.4 Å². The Labute approximate surface area is 204 Å². The van der Waals surface area contributed by atoms with Crippen LogP contribution in [0.3, 0.4) is 0 Å². The van der Waals surface area contributed by atoms with Gasteiger partial charge in [-0.25, -0.2) is 4.79 Å². The number of carbonyl (C=O) groups is 1. The normalized spacial score (nSPS) is 14.7. The lowest BCUT2D eigenvalue weighted by molar-refractivity contribution is 0.0787. The molecule has 2 aromatic carbocycles. The molecule has 2 N–H and O–H groups in total. The number of benzene rings is 2. The zero-order valence-electron chi connectivity index (χ0n) is 20.5. The van der Waals surface area contributed by atoms with Crippen LogP contribution in [0.1, 0.15) is 39.9 Å². The summed E-state index contributed by atoms with van der Waals surface area (Å²) in [5.74, 6) is 0.440. The highest BCUT2D eigenvalue weighted by molar-refractivity contribution is 6.01. The second-order valence-corrected chi connectivity index (χ2v) is 9.26. The molecule has 1 aromatic heterocycles. The van der Waals surface area contributed by atoms with Crippen LogP contribution in [0.25, 0.3) is 0 Å². The standard InChI is InChI=1S/C27H32N4O4/c1-18-9-10-19(2)23(15-18)35-21-11-13-30(14-12-21)17-22(32)24-25(28)31(27(34)29(3)26(24)33)16-20-7-5-4-6-8-20/h4-10,15,21H,11-14,16-17,28H2,1-3H3. The summed E-state index contributed by atoms with van der Waals surface area (Å²) < 4.78 is 8.46. The molecule has 35 heavy (non-hydrogen) atoms. The molecule has 0 radical (unpaired) electrons. The quantitative estimate of drug-likeness (QED) is 0.526. The number of hydrogen-bond donors (Lipinski definition) is 1. The SMILES string of the molecule is Cc1ccc(C)c(OC2CCN(CC(=O)c3c(N)n(Cc4ccccc4)c(=O)n(C)c3=O)CC2)c1. The molecule has 184 valence electrons. The van der Waals surface area contributed by atoms with Gasteiger partial charge in [0.1, 0.15) is 23.2 Å². The lowest BCUT2D eigenvalue weighted by Gasteiger charge is -2.32. The van der Waals surface area contributed by atoms with Crippen LogP contribution in [0, 0.1) is 13.8 Å². The molecule has 0 spiro atoms. The minimum Gasteiger partial charge on any atom is -0.490 e. The summed E-state index contributed by atoms with van der Waals surface area (Å²) in [6.07, 6.45) is 1.64. The van der Waals surface area contributed by atoms with Gasteiger partial charge in [0, 0.05) is 20.1 Å². The highest BCUT2D eigenvalue weighted by Gasteiger charge is 2.26. The summed E-state index contributed by atoms with van der Waals surface area (Å²) in [5.41, 5.74) is 8.01.